The van der Waals surface area contributed by atoms with Gasteiger partial charge in [-0.05, 0) is 52.8 Å². The molecule has 0 fully saturated rings. The molecule has 0 unspecified atom stereocenters. The van der Waals surface area contributed by atoms with Crippen LogP contribution in [0, 0.1) is 0 Å². The quantitative estimate of drug-likeness (QED) is 0.810. The fourth-order valence-corrected chi connectivity index (χ4v) is 3.23. The van der Waals surface area contributed by atoms with Crippen LogP contribution in [0.4, 0.5) is 0 Å². The van der Waals surface area contributed by atoms with Crippen molar-refractivity contribution in [3.63, 3.8) is 0 Å². The van der Waals surface area contributed by atoms with E-state index in [2.05, 4.69) is 4.72 Å². The van der Waals surface area contributed by atoms with Crippen LogP contribution in [0.25, 0.3) is 0 Å². The van der Waals surface area contributed by atoms with Crippen molar-refractivity contribution >= 4 is 16.0 Å². The lowest BCUT2D eigenvalue weighted by molar-refractivity contribution is 0.0521. The molecule has 0 aromatic heterocycles. The molecule has 0 amide bonds. The Morgan fingerprint density at radius 3 is 2.32 bits per heavy atom. The van der Waals surface area contributed by atoms with Crippen molar-refractivity contribution < 1.29 is 22.7 Å². The number of esters is 1. The second kappa shape index (κ2) is 7.11. The van der Waals surface area contributed by atoms with E-state index in [0.717, 1.165) is 0 Å². The van der Waals surface area contributed by atoms with Gasteiger partial charge in [0.05, 0.1) is 18.1 Å². The zero-order chi connectivity index (χ0) is 17.0. The molecule has 0 heterocycles. The third-order valence-electron chi connectivity index (χ3n) is 2.50. The van der Waals surface area contributed by atoms with E-state index in [1.807, 2.05) is 0 Å². The Bertz CT molecular complexity index is 632. The smallest absolute Gasteiger partial charge is 0.341 e. The van der Waals surface area contributed by atoms with Crippen LogP contribution in [0.1, 0.15) is 45.0 Å². The third-order valence-corrected chi connectivity index (χ3v) is 4.25. The molecule has 1 aromatic rings. The molecule has 1 aromatic carbocycles. The number of ether oxygens (including phenoxy) is 2. The van der Waals surface area contributed by atoms with Crippen molar-refractivity contribution in [1.29, 1.82) is 0 Å². The zero-order valence-corrected chi connectivity index (χ0v) is 14.4. The summed E-state index contributed by atoms with van der Waals surface area (Å²) < 4.78 is 37.5. The van der Waals surface area contributed by atoms with Gasteiger partial charge >= 0.3 is 5.97 Å². The Hall–Kier alpha value is -1.60. The van der Waals surface area contributed by atoms with Crippen LogP contribution in [0.15, 0.2) is 23.1 Å². The molecule has 1 N–H and O–H groups in total. The first kappa shape index (κ1) is 18.4. The van der Waals surface area contributed by atoms with Crippen LogP contribution < -0.4 is 9.46 Å². The Morgan fingerprint density at radius 1 is 1.18 bits per heavy atom. The van der Waals surface area contributed by atoms with Crippen molar-refractivity contribution in [3.8, 4) is 5.75 Å². The van der Waals surface area contributed by atoms with Crippen molar-refractivity contribution in [2.45, 2.75) is 45.1 Å². The molecule has 0 saturated carbocycles. The first-order chi connectivity index (χ1) is 10.1. The molecule has 124 valence electrons. The first-order valence-corrected chi connectivity index (χ1v) is 8.57. The van der Waals surface area contributed by atoms with E-state index >= 15 is 0 Å². The highest BCUT2D eigenvalue weighted by Gasteiger charge is 2.24. The molecule has 0 bridgehead atoms. The van der Waals surface area contributed by atoms with E-state index < -0.39 is 21.5 Å². The van der Waals surface area contributed by atoms with E-state index in [9.17, 15) is 13.2 Å². The average Bonchev–Trinajstić information content (AvgIpc) is 2.36. The van der Waals surface area contributed by atoms with Crippen LogP contribution in [0.2, 0.25) is 0 Å². The van der Waals surface area contributed by atoms with Gasteiger partial charge < -0.3 is 9.47 Å². The molecule has 0 atom stereocenters. The summed E-state index contributed by atoms with van der Waals surface area (Å²) in [6.07, 6.45) is 0. The maximum Gasteiger partial charge on any atom is 0.341 e. The van der Waals surface area contributed by atoms with E-state index in [0.29, 0.717) is 12.4 Å². The maximum atomic E-state index is 12.3. The predicted molar refractivity (Wildman–Crippen MR) is 83.6 cm³/mol. The van der Waals surface area contributed by atoms with Crippen LogP contribution >= 0.6 is 0 Å². The molecular weight excluding hydrogens is 306 g/mol. The molecular formula is C15H23NO5S. The summed E-state index contributed by atoms with van der Waals surface area (Å²) in [4.78, 5) is 12.0. The maximum absolute atomic E-state index is 12.3. The van der Waals surface area contributed by atoms with Gasteiger partial charge in [0.2, 0.25) is 10.0 Å². The number of carbonyl (C=O) groups is 1. The summed E-state index contributed by atoms with van der Waals surface area (Å²) in [6, 6.07) is 4.14. The fraction of sp³-hybridized carbons (Fsp3) is 0.533. The number of benzene rings is 1. The Morgan fingerprint density at radius 2 is 1.82 bits per heavy atom. The molecule has 0 radical (unpaired) electrons. The molecule has 0 aliphatic heterocycles. The van der Waals surface area contributed by atoms with Gasteiger partial charge in [-0.15, -0.1) is 0 Å². The highest BCUT2D eigenvalue weighted by molar-refractivity contribution is 7.89. The number of carbonyl (C=O) groups excluding carboxylic acids is 1. The van der Waals surface area contributed by atoms with Gasteiger partial charge in [-0.3, -0.25) is 0 Å². The van der Waals surface area contributed by atoms with Crippen molar-refractivity contribution in [3.05, 3.63) is 23.8 Å². The van der Waals surface area contributed by atoms with Crippen molar-refractivity contribution in [2.24, 2.45) is 0 Å². The molecule has 22 heavy (non-hydrogen) atoms. The van der Waals surface area contributed by atoms with Crippen molar-refractivity contribution in [2.75, 3.05) is 13.2 Å². The lowest BCUT2D eigenvalue weighted by atomic mass is 10.1. The summed E-state index contributed by atoms with van der Waals surface area (Å²) in [7, 11) is -3.73. The van der Waals surface area contributed by atoms with E-state index in [4.69, 9.17) is 9.47 Å². The van der Waals surface area contributed by atoms with Gasteiger partial charge in [0.1, 0.15) is 11.3 Å². The number of nitrogens with one attached hydrogen (secondary N) is 1. The summed E-state index contributed by atoms with van der Waals surface area (Å²) in [6.45, 7) is 9.24. The summed E-state index contributed by atoms with van der Waals surface area (Å²) in [5, 5.41) is 0. The molecule has 0 aliphatic rings. The van der Waals surface area contributed by atoms with Crippen LogP contribution in [-0.2, 0) is 14.8 Å². The molecule has 0 saturated heterocycles. The number of rotatable bonds is 6. The van der Waals surface area contributed by atoms with Crippen molar-refractivity contribution in [1.82, 2.24) is 4.72 Å². The largest absolute Gasteiger partial charge is 0.493 e. The highest BCUT2D eigenvalue weighted by Crippen LogP contribution is 2.24. The SMILES string of the molecule is CCOC(=O)c1cc(S(=O)(=O)NC(C)(C)C)ccc1OCC. The van der Waals surface area contributed by atoms with Gasteiger partial charge in [-0.1, -0.05) is 0 Å². The van der Waals surface area contributed by atoms with E-state index in [1.54, 1.807) is 34.6 Å². The second-order valence-corrected chi connectivity index (χ2v) is 7.35. The minimum Gasteiger partial charge on any atom is -0.493 e. The Kier molecular flexibility index (Phi) is 5.96. The third kappa shape index (κ3) is 4.99. The number of sulfonamides is 1. The Balaban J connectivity index is 3.29. The number of hydrogen-bond acceptors (Lipinski definition) is 5. The van der Waals surface area contributed by atoms with Crippen LogP contribution in [0.5, 0.6) is 5.75 Å². The number of hydrogen-bond donors (Lipinski definition) is 1. The summed E-state index contributed by atoms with van der Waals surface area (Å²) in [5.41, 5.74) is -0.526. The van der Waals surface area contributed by atoms with Gasteiger partial charge in [-0.2, -0.15) is 0 Å². The Labute approximate surface area is 131 Å². The zero-order valence-electron chi connectivity index (χ0n) is 13.6. The lowest BCUT2D eigenvalue weighted by Crippen LogP contribution is -2.40. The highest BCUT2D eigenvalue weighted by atomic mass is 32.2. The topological polar surface area (TPSA) is 81.7 Å². The average molecular weight is 329 g/mol. The summed E-state index contributed by atoms with van der Waals surface area (Å²) in [5.74, 6) is -0.311. The fourth-order valence-electron chi connectivity index (χ4n) is 1.79. The van der Waals surface area contributed by atoms with E-state index in [1.165, 1.54) is 18.2 Å². The van der Waals surface area contributed by atoms with Crippen LogP contribution in [-0.4, -0.2) is 33.1 Å². The monoisotopic (exact) mass is 329 g/mol. The molecule has 0 aliphatic carbocycles. The first-order valence-electron chi connectivity index (χ1n) is 7.08. The summed E-state index contributed by atoms with van der Waals surface area (Å²) >= 11 is 0. The molecule has 6 nitrogen and oxygen atoms in total. The van der Waals surface area contributed by atoms with Gasteiger partial charge in [-0.25, -0.2) is 17.9 Å². The standard InChI is InChI=1S/C15H23NO5S/c1-6-20-13-9-8-11(10-12(13)14(17)21-7-2)22(18,19)16-15(3,4)5/h8-10,16H,6-7H2,1-5H3. The predicted octanol–water partition coefficient (Wildman–Crippen LogP) is 2.34. The minimum absolute atomic E-state index is 0.00562. The molecule has 0 spiro atoms. The normalized spacial score (nSPS) is 12.0. The second-order valence-electron chi connectivity index (χ2n) is 5.67. The van der Waals surface area contributed by atoms with Gasteiger partial charge in [0.25, 0.3) is 0 Å². The van der Waals surface area contributed by atoms with Gasteiger partial charge in [0.15, 0.2) is 0 Å². The van der Waals surface area contributed by atoms with E-state index in [-0.39, 0.29) is 17.1 Å². The van der Waals surface area contributed by atoms with Crippen LogP contribution in [0.3, 0.4) is 0 Å². The van der Waals surface area contributed by atoms with Gasteiger partial charge in [0, 0.05) is 5.54 Å². The lowest BCUT2D eigenvalue weighted by Gasteiger charge is -2.21. The molecule has 1 rings (SSSR count). The molecule has 7 heteroatoms. The minimum atomic E-state index is -3.73.